The zero-order chi connectivity index (χ0) is 26.7. The zero-order valence-electron chi connectivity index (χ0n) is 20.9. The number of carbonyl (C=O) groups excluding carboxylic acids is 1. The van der Waals surface area contributed by atoms with Gasteiger partial charge in [0.2, 0.25) is 9.84 Å². The molecule has 1 fully saturated rings. The smallest absolute Gasteiger partial charge is 0.275 e. The van der Waals surface area contributed by atoms with Gasteiger partial charge in [0.05, 0.1) is 33.6 Å². The lowest BCUT2D eigenvalue weighted by atomic mass is 9.96. The van der Waals surface area contributed by atoms with Crippen LogP contribution in [0.25, 0.3) is 10.6 Å². The van der Waals surface area contributed by atoms with Gasteiger partial charge in [-0.05, 0) is 68.1 Å². The van der Waals surface area contributed by atoms with Crippen LogP contribution >= 0.6 is 11.3 Å². The van der Waals surface area contributed by atoms with E-state index in [9.17, 15) is 13.2 Å². The minimum absolute atomic E-state index is 0.215. The fourth-order valence-corrected chi connectivity index (χ4v) is 7.09. The van der Waals surface area contributed by atoms with Crippen LogP contribution in [0.15, 0.2) is 76.1 Å². The van der Waals surface area contributed by atoms with Gasteiger partial charge < -0.3 is 16.0 Å². The molecule has 11 heteroatoms. The Bertz CT molecular complexity index is 1540. The number of anilines is 2. The SMILES string of the molecule is Cc1c(S(=O)(=O)c2ccccc2)ccc(NC(=O)c2csc(-c3ccnnc3)n2)c1N1CCC[C@@H](CN)C1. The van der Waals surface area contributed by atoms with Crippen molar-refractivity contribution in [3.8, 4) is 10.6 Å². The molecule has 0 aliphatic carbocycles. The minimum Gasteiger partial charge on any atom is -0.369 e. The lowest BCUT2D eigenvalue weighted by Crippen LogP contribution is -2.39. The topological polar surface area (TPSA) is 131 Å². The maximum Gasteiger partial charge on any atom is 0.275 e. The van der Waals surface area contributed by atoms with Crippen LogP contribution in [0, 0.1) is 12.8 Å². The van der Waals surface area contributed by atoms with Crippen molar-refractivity contribution >= 4 is 38.5 Å². The van der Waals surface area contributed by atoms with Gasteiger partial charge in [0, 0.05) is 24.0 Å². The summed E-state index contributed by atoms with van der Waals surface area (Å²) in [5.41, 5.74) is 8.86. The standard InChI is InChI=1S/C27H28N6O3S2/c1-18-24(38(35,36)21-7-3-2-4-8-21)10-9-22(25(18)33-13-5-6-19(14-28)16-33)31-26(34)23-17-37-27(32-23)20-11-12-29-30-15-20/h2-4,7-12,15,17,19H,5-6,13-14,16,28H2,1H3,(H,31,34)/t19-/m0/s1. The average molecular weight is 549 g/mol. The number of thiazole rings is 1. The van der Waals surface area contributed by atoms with E-state index in [2.05, 4.69) is 25.4 Å². The number of sulfone groups is 1. The number of benzene rings is 2. The number of piperidine rings is 1. The highest BCUT2D eigenvalue weighted by molar-refractivity contribution is 7.91. The number of nitrogens with zero attached hydrogens (tertiary/aromatic N) is 4. The largest absolute Gasteiger partial charge is 0.369 e. The van der Waals surface area contributed by atoms with Crippen LogP contribution in [-0.2, 0) is 9.84 Å². The fraction of sp³-hybridized carbons (Fsp3) is 0.259. The van der Waals surface area contributed by atoms with Crippen molar-refractivity contribution in [2.24, 2.45) is 11.7 Å². The van der Waals surface area contributed by atoms with Gasteiger partial charge >= 0.3 is 0 Å². The quantitative estimate of drug-likeness (QED) is 0.352. The van der Waals surface area contributed by atoms with Crippen LogP contribution in [0.5, 0.6) is 0 Å². The number of rotatable bonds is 7. The van der Waals surface area contributed by atoms with Crippen LogP contribution in [0.2, 0.25) is 0 Å². The van der Waals surface area contributed by atoms with Crippen LogP contribution in [0.4, 0.5) is 11.4 Å². The molecule has 196 valence electrons. The Morgan fingerprint density at radius 1 is 1.16 bits per heavy atom. The Hall–Kier alpha value is -3.67. The lowest BCUT2D eigenvalue weighted by molar-refractivity contribution is 0.102. The zero-order valence-corrected chi connectivity index (χ0v) is 22.5. The molecular formula is C27H28N6O3S2. The number of carbonyl (C=O) groups is 1. The van der Waals surface area contributed by atoms with E-state index >= 15 is 0 Å². The number of aromatic nitrogens is 3. The highest BCUT2D eigenvalue weighted by Crippen LogP contribution is 2.38. The first-order valence-electron chi connectivity index (χ1n) is 12.3. The van der Waals surface area contributed by atoms with E-state index in [-0.39, 0.29) is 27.3 Å². The van der Waals surface area contributed by atoms with Gasteiger partial charge in [-0.3, -0.25) is 4.79 Å². The second-order valence-electron chi connectivity index (χ2n) is 9.21. The monoisotopic (exact) mass is 548 g/mol. The molecule has 1 amide bonds. The van der Waals surface area contributed by atoms with E-state index in [1.807, 2.05) is 0 Å². The molecule has 0 bridgehead atoms. The van der Waals surface area contributed by atoms with Gasteiger partial charge in [0.1, 0.15) is 10.7 Å². The van der Waals surface area contributed by atoms with Gasteiger partial charge in [-0.15, -0.1) is 11.3 Å². The Morgan fingerprint density at radius 2 is 1.97 bits per heavy atom. The van der Waals surface area contributed by atoms with E-state index in [0.717, 1.165) is 24.9 Å². The summed E-state index contributed by atoms with van der Waals surface area (Å²) >= 11 is 1.34. The Labute approximate surface area is 225 Å². The minimum atomic E-state index is -3.76. The summed E-state index contributed by atoms with van der Waals surface area (Å²) in [4.78, 5) is 20.3. The normalized spacial score (nSPS) is 15.8. The number of nitrogens with one attached hydrogen (secondary N) is 1. The summed E-state index contributed by atoms with van der Waals surface area (Å²) in [6.45, 7) is 3.77. The average Bonchev–Trinajstić information content (AvgIpc) is 3.45. The predicted octanol–water partition coefficient (Wildman–Crippen LogP) is 4.17. The molecular weight excluding hydrogens is 520 g/mol. The number of amides is 1. The fourth-order valence-electron chi connectivity index (χ4n) is 4.78. The maximum atomic E-state index is 13.6. The molecule has 3 heterocycles. The van der Waals surface area contributed by atoms with E-state index in [4.69, 9.17) is 5.73 Å². The van der Waals surface area contributed by atoms with Gasteiger partial charge in [-0.2, -0.15) is 10.2 Å². The molecule has 38 heavy (non-hydrogen) atoms. The van der Waals surface area contributed by atoms with Crippen molar-refractivity contribution in [1.29, 1.82) is 0 Å². The lowest BCUT2D eigenvalue weighted by Gasteiger charge is -2.36. The van der Waals surface area contributed by atoms with Crippen LogP contribution < -0.4 is 16.0 Å². The van der Waals surface area contributed by atoms with E-state index in [1.54, 1.807) is 73.2 Å². The molecule has 2 aromatic carbocycles. The second-order valence-corrected chi connectivity index (χ2v) is 12.0. The molecule has 0 radical (unpaired) electrons. The van der Waals surface area contributed by atoms with Crippen LogP contribution in [-0.4, -0.2) is 49.1 Å². The predicted molar refractivity (Wildman–Crippen MR) is 148 cm³/mol. The third-order valence-electron chi connectivity index (χ3n) is 6.71. The molecule has 0 spiro atoms. The molecule has 0 saturated carbocycles. The van der Waals surface area contributed by atoms with E-state index < -0.39 is 9.84 Å². The van der Waals surface area contributed by atoms with Crippen molar-refractivity contribution < 1.29 is 13.2 Å². The molecule has 4 aromatic rings. The summed E-state index contributed by atoms with van der Waals surface area (Å²) < 4.78 is 27.1. The summed E-state index contributed by atoms with van der Waals surface area (Å²) in [6, 6.07) is 13.4. The van der Waals surface area contributed by atoms with Crippen molar-refractivity contribution in [1.82, 2.24) is 15.2 Å². The van der Waals surface area contributed by atoms with Gasteiger partial charge in [0.25, 0.3) is 5.91 Å². The first kappa shape index (κ1) is 26.0. The van der Waals surface area contributed by atoms with Crippen molar-refractivity contribution in [2.75, 3.05) is 29.9 Å². The molecule has 3 N–H and O–H groups in total. The van der Waals surface area contributed by atoms with Crippen molar-refractivity contribution in [2.45, 2.75) is 29.6 Å². The van der Waals surface area contributed by atoms with Gasteiger partial charge in [0.15, 0.2) is 0 Å². The molecule has 1 aliphatic rings. The first-order chi connectivity index (χ1) is 18.4. The molecule has 9 nitrogen and oxygen atoms in total. The Morgan fingerprint density at radius 3 is 2.71 bits per heavy atom. The number of hydrogen-bond donors (Lipinski definition) is 2. The summed E-state index contributed by atoms with van der Waals surface area (Å²) in [5.74, 6) is -0.0858. The van der Waals surface area contributed by atoms with Crippen LogP contribution in [0.1, 0.15) is 28.9 Å². The van der Waals surface area contributed by atoms with Gasteiger partial charge in [-0.25, -0.2) is 13.4 Å². The Kier molecular flexibility index (Phi) is 7.50. The highest BCUT2D eigenvalue weighted by atomic mass is 32.2. The maximum absolute atomic E-state index is 13.6. The molecule has 5 rings (SSSR count). The van der Waals surface area contributed by atoms with Crippen molar-refractivity contribution in [3.05, 3.63) is 77.6 Å². The van der Waals surface area contributed by atoms with E-state index in [1.165, 1.54) is 11.3 Å². The molecule has 0 unspecified atom stereocenters. The van der Waals surface area contributed by atoms with Gasteiger partial charge in [-0.1, -0.05) is 18.2 Å². The second kappa shape index (κ2) is 11.0. The summed E-state index contributed by atoms with van der Waals surface area (Å²) in [6.07, 6.45) is 5.11. The summed E-state index contributed by atoms with van der Waals surface area (Å²) in [5, 5.41) is 13.0. The Balaban J connectivity index is 1.53. The molecule has 1 atom stereocenters. The highest BCUT2D eigenvalue weighted by Gasteiger charge is 2.28. The molecule has 1 saturated heterocycles. The third kappa shape index (κ3) is 5.17. The number of hydrogen-bond acceptors (Lipinski definition) is 9. The van der Waals surface area contributed by atoms with Crippen molar-refractivity contribution in [3.63, 3.8) is 0 Å². The first-order valence-corrected chi connectivity index (χ1v) is 14.7. The van der Waals surface area contributed by atoms with E-state index in [0.29, 0.717) is 35.0 Å². The van der Waals surface area contributed by atoms with Crippen LogP contribution in [0.3, 0.4) is 0 Å². The molecule has 2 aromatic heterocycles. The molecule has 1 aliphatic heterocycles. The third-order valence-corrected chi connectivity index (χ3v) is 9.51. The number of nitrogens with two attached hydrogens (primary N) is 1. The summed E-state index contributed by atoms with van der Waals surface area (Å²) in [7, 11) is -3.76.